The van der Waals surface area contributed by atoms with E-state index in [4.69, 9.17) is 27.9 Å². The number of ether oxygens (including phenoxy) is 1. The van der Waals surface area contributed by atoms with E-state index in [-0.39, 0.29) is 10.6 Å². The lowest BCUT2D eigenvalue weighted by atomic mass is 10.2. The first-order valence-electron chi connectivity index (χ1n) is 5.19. The Morgan fingerprint density at radius 3 is 2.47 bits per heavy atom. The van der Waals surface area contributed by atoms with Gasteiger partial charge in [0.05, 0.1) is 7.11 Å². The van der Waals surface area contributed by atoms with Gasteiger partial charge in [-0.05, 0) is 41.4 Å². The van der Waals surface area contributed by atoms with Crippen molar-refractivity contribution in [1.29, 1.82) is 0 Å². The molecule has 2 rings (SSSR count). The number of hydrogen-bond donors (Lipinski definition) is 1. The van der Waals surface area contributed by atoms with Crippen molar-refractivity contribution >= 4 is 57.4 Å². The van der Waals surface area contributed by atoms with Gasteiger partial charge >= 0.3 is 0 Å². The van der Waals surface area contributed by atoms with E-state index in [0.717, 1.165) is 21.4 Å². The molecular weight excluding hydrogens is 402 g/mol. The highest BCUT2D eigenvalue weighted by Gasteiger charge is 2.06. The van der Waals surface area contributed by atoms with Gasteiger partial charge in [0.15, 0.2) is 0 Å². The first kappa shape index (κ1) is 14.5. The summed E-state index contributed by atoms with van der Waals surface area (Å²) in [5, 5.41) is 3.11. The lowest BCUT2D eigenvalue weighted by molar-refractivity contribution is 0.411. The van der Waals surface area contributed by atoms with Gasteiger partial charge in [-0.15, -0.1) is 0 Å². The zero-order valence-corrected chi connectivity index (χ0v) is 13.5. The van der Waals surface area contributed by atoms with Crippen molar-refractivity contribution in [3.05, 3.63) is 34.3 Å². The molecule has 19 heavy (non-hydrogen) atoms. The predicted molar refractivity (Wildman–Crippen MR) is 83.8 cm³/mol. The molecule has 0 radical (unpaired) electrons. The second kappa shape index (κ2) is 6.53. The van der Waals surface area contributed by atoms with E-state index in [1.807, 2.05) is 18.2 Å². The van der Waals surface area contributed by atoms with E-state index in [2.05, 4.69) is 42.9 Å². The first-order valence-corrected chi connectivity index (χ1v) is 7.47. The van der Waals surface area contributed by atoms with Crippen LogP contribution in [0.4, 0.5) is 11.6 Å². The van der Waals surface area contributed by atoms with Crippen molar-refractivity contribution in [3.8, 4) is 5.75 Å². The topological polar surface area (TPSA) is 59.9 Å². The summed E-state index contributed by atoms with van der Waals surface area (Å²) in [6.45, 7) is 0. The van der Waals surface area contributed by atoms with E-state index in [1.54, 1.807) is 7.11 Å². The van der Waals surface area contributed by atoms with Crippen LogP contribution in [-0.4, -0.2) is 22.1 Å². The van der Waals surface area contributed by atoms with Crippen LogP contribution in [0.15, 0.2) is 18.2 Å². The van der Waals surface area contributed by atoms with Crippen LogP contribution in [0, 0.1) is 0 Å². The summed E-state index contributed by atoms with van der Waals surface area (Å²) in [5.74, 6) is 1.14. The van der Waals surface area contributed by atoms with E-state index in [9.17, 15) is 0 Å². The van der Waals surface area contributed by atoms with Gasteiger partial charge in [0, 0.05) is 15.7 Å². The molecule has 0 aliphatic carbocycles. The second-order valence-corrected chi connectivity index (χ2v) is 4.92. The molecule has 1 aromatic heterocycles. The lowest BCUT2D eigenvalue weighted by Crippen LogP contribution is -2.00. The maximum atomic E-state index is 5.71. The molecule has 100 valence electrons. The number of alkyl halides is 1. The minimum atomic E-state index is 0.0464. The van der Waals surface area contributed by atoms with Crippen LogP contribution in [0.5, 0.6) is 5.75 Å². The minimum Gasteiger partial charge on any atom is -0.496 e. The third-order valence-electron chi connectivity index (χ3n) is 2.26. The molecule has 2 aromatic rings. The number of rotatable bonds is 4. The normalized spacial score (nSPS) is 10.3. The number of nitrogens with zero attached hydrogens (tertiary/aromatic N) is 3. The first-order chi connectivity index (χ1) is 9.12. The standard InChI is InChI=1S/C11H9Cl2IN4O/c1-19-8-3-2-7(4-6(8)5-14)15-11-17-9(12)16-10(13)18-11/h2-4H,5H2,1H3,(H,15,16,17,18). The molecule has 0 spiro atoms. The van der Waals surface area contributed by atoms with Gasteiger partial charge in [-0.3, -0.25) is 0 Å². The largest absolute Gasteiger partial charge is 0.496 e. The smallest absolute Gasteiger partial charge is 0.232 e. The molecule has 0 saturated carbocycles. The number of benzene rings is 1. The van der Waals surface area contributed by atoms with Gasteiger partial charge in [0.2, 0.25) is 16.5 Å². The Hall–Kier alpha value is -0.860. The van der Waals surface area contributed by atoms with Gasteiger partial charge in [-0.2, -0.15) is 15.0 Å². The molecule has 0 aliphatic heterocycles. The third kappa shape index (κ3) is 3.80. The average molecular weight is 411 g/mol. The summed E-state index contributed by atoms with van der Waals surface area (Å²) in [6.07, 6.45) is 0. The summed E-state index contributed by atoms with van der Waals surface area (Å²) < 4.78 is 6.09. The van der Waals surface area contributed by atoms with Gasteiger partial charge < -0.3 is 10.1 Å². The molecule has 1 N–H and O–H groups in total. The number of methoxy groups -OCH3 is 1. The molecule has 0 aliphatic rings. The fourth-order valence-electron chi connectivity index (χ4n) is 1.47. The van der Waals surface area contributed by atoms with E-state index in [1.165, 1.54) is 0 Å². The summed E-state index contributed by atoms with van der Waals surface area (Å²) in [7, 11) is 1.64. The zero-order chi connectivity index (χ0) is 13.8. The van der Waals surface area contributed by atoms with E-state index < -0.39 is 0 Å². The van der Waals surface area contributed by atoms with Gasteiger partial charge in [0.1, 0.15) is 5.75 Å². The highest BCUT2D eigenvalue weighted by atomic mass is 127. The van der Waals surface area contributed by atoms with Crippen molar-refractivity contribution in [2.75, 3.05) is 12.4 Å². The van der Waals surface area contributed by atoms with Crippen molar-refractivity contribution in [3.63, 3.8) is 0 Å². The number of anilines is 2. The fraction of sp³-hybridized carbons (Fsp3) is 0.182. The third-order valence-corrected chi connectivity index (χ3v) is 3.42. The molecule has 0 bridgehead atoms. The Labute approximate surface area is 133 Å². The van der Waals surface area contributed by atoms with Crippen LogP contribution >= 0.6 is 45.8 Å². The Balaban J connectivity index is 2.28. The van der Waals surface area contributed by atoms with Crippen LogP contribution in [0.1, 0.15) is 5.56 Å². The summed E-state index contributed by atoms with van der Waals surface area (Å²) in [4.78, 5) is 11.6. The van der Waals surface area contributed by atoms with Gasteiger partial charge in [0.25, 0.3) is 0 Å². The summed E-state index contributed by atoms with van der Waals surface area (Å²) >= 11 is 13.7. The van der Waals surface area contributed by atoms with Crippen LogP contribution in [0.25, 0.3) is 0 Å². The van der Waals surface area contributed by atoms with Crippen molar-refractivity contribution in [1.82, 2.24) is 15.0 Å². The van der Waals surface area contributed by atoms with Gasteiger partial charge in [-0.1, -0.05) is 22.6 Å². The number of halogens is 3. The minimum absolute atomic E-state index is 0.0464. The molecule has 0 amide bonds. The summed E-state index contributed by atoms with van der Waals surface area (Å²) in [5.41, 5.74) is 1.89. The molecule has 0 atom stereocenters. The van der Waals surface area contributed by atoms with Gasteiger partial charge in [-0.25, -0.2) is 0 Å². The number of aromatic nitrogens is 3. The average Bonchev–Trinajstić information content (AvgIpc) is 2.37. The Bertz CT molecular complexity index is 577. The summed E-state index contributed by atoms with van der Waals surface area (Å²) in [6, 6.07) is 5.69. The quantitative estimate of drug-likeness (QED) is 0.612. The number of hydrogen-bond acceptors (Lipinski definition) is 5. The lowest BCUT2D eigenvalue weighted by Gasteiger charge is -2.10. The van der Waals surface area contributed by atoms with Crippen molar-refractivity contribution in [2.45, 2.75) is 4.43 Å². The molecule has 1 aromatic carbocycles. The van der Waals surface area contributed by atoms with Crippen LogP contribution in [-0.2, 0) is 4.43 Å². The molecule has 8 heteroatoms. The molecule has 0 fully saturated rings. The maximum absolute atomic E-state index is 5.71. The van der Waals surface area contributed by atoms with Crippen molar-refractivity contribution in [2.24, 2.45) is 0 Å². The van der Waals surface area contributed by atoms with Crippen molar-refractivity contribution < 1.29 is 4.74 Å². The van der Waals surface area contributed by atoms with Crippen LogP contribution in [0.2, 0.25) is 10.6 Å². The monoisotopic (exact) mass is 410 g/mol. The Morgan fingerprint density at radius 1 is 1.21 bits per heavy atom. The van der Waals surface area contributed by atoms with E-state index in [0.29, 0.717) is 5.95 Å². The second-order valence-electron chi connectivity index (χ2n) is 3.48. The number of nitrogens with one attached hydrogen (secondary N) is 1. The SMILES string of the molecule is COc1ccc(Nc2nc(Cl)nc(Cl)n2)cc1CI. The Morgan fingerprint density at radius 2 is 1.89 bits per heavy atom. The highest BCUT2D eigenvalue weighted by Crippen LogP contribution is 2.26. The highest BCUT2D eigenvalue weighted by molar-refractivity contribution is 14.1. The molecule has 0 saturated heterocycles. The molecule has 0 unspecified atom stereocenters. The molecule has 1 heterocycles. The van der Waals surface area contributed by atoms with E-state index >= 15 is 0 Å². The fourth-order valence-corrected chi connectivity index (χ4v) is 2.43. The molecule has 5 nitrogen and oxygen atoms in total. The maximum Gasteiger partial charge on any atom is 0.232 e. The Kier molecular flexibility index (Phi) is 5.00. The van der Waals surface area contributed by atoms with Crippen LogP contribution < -0.4 is 10.1 Å². The van der Waals surface area contributed by atoms with Crippen LogP contribution in [0.3, 0.4) is 0 Å². The molecular formula is C11H9Cl2IN4O. The predicted octanol–water partition coefficient (Wildman–Crippen LogP) is 3.87. The zero-order valence-electron chi connectivity index (χ0n) is 9.82.